The Balaban J connectivity index is 1.98. The Bertz CT molecular complexity index is 445. The third-order valence-corrected chi connectivity index (χ3v) is 4.93. The maximum absolute atomic E-state index is 6.49. The first-order chi connectivity index (χ1) is 9.91. The van der Waals surface area contributed by atoms with Gasteiger partial charge in [-0.1, -0.05) is 20.8 Å². The molecule has 0 bridgehead atoms. The van der Waals surface area contributed by atoms with E-state index in [-0.39, 0.29) is 6.04 Å². The number of ether oxygens (including phenoxy) is 1. The van der Waals surface area contributed by atoms with Crippen LogP contribution in [0.25, 0.3) is 0 Å². The summed E-state index contributed by atoms with van der Waals surface area (Å²) in [6.07, 6.45) is 8.68. The SMILES string of the molecule is CCOc1cncc(C(N)C2CCC(C(C)(C)C)CC2)c1. The molecule has 0 radical (unpaired) electrons. The third-order valence-electron chi connectivity index (χ3n) is 4.93. The van der Waals surface area contributed by atoms with Gasteiger partial charge in [-0.15, -0.1) is 0 Å². The predicted octanol–water partition coefficient (Wildman–Crippen LogP) is 4.33. The Kier molecular flexibility index (Phi) is 5.26. The largest absolute Gasteiger partial charge is 0.492 e. The third kappa shape index (κ3) is 4.19. The van der Waals surface area contributed by atoms with Crippen molar-refractivity contribution in [2.24, 2.45) is 23.0 Å². The first-order valence-corrected chi connectivity index (χ1v) is 8.25. The van der Waals surface area contributed by atoms with Crippen LogP contribution < -0.4 is 10.5 Å². The lowest BCUT2D eigenvalue weighted by Crippen LogP contribution is -2.30. The van der Waals surface area contributed by atoms with Crippen molar-refractivity contribution < 1.29 is 4.74 Å². The Hall–Kier alpha value is -1.09. The molecule has 3 heteroatoms. The van der Waals surface area contributed by atoms with E-state index < -0.39 is 0 Å². The summed E-state index contributed by atoms with van der Waals surface area (Å²) in [5.74, 6) is 2.23. The van der Waals surface area contributed by atoms with Gasteiger partial charge in [0, 0.05) is 12.2 Å². The van der Waals surface area contributed by atoms with Crippen LogP contribution in [0.3, 0.4) is 0 Å². The highest BCUT2D eigenvalue weighted by Crippen LogP contribution is 2.42. The van der Waals surface area contributed by atoms with Crippen LogP contribution >= 0.6 is 0 Å². The molecule has 118 valence electrons. The number of rotatable bonds is 4. The fourth-order valence-corrected chi connectivity index (χ4v) is 3.48. The number of pyridine rings is 1. The van der Waals surface area contributed by atoms with Crippen LogP contribution in [0, 0.1) is 17.3 Å². The number of nitrogens with two attached hydrogens (primary N) is 1. The van der Waals surface area contributed by atoms with E-state index in [0.717, 1.165) is 17.2 Å². The van der Waals surface area contributed by atoms with Crippen molar-refractivity contribution in [3.05, 3.63) is 24.0 Å². The van der Waals surface area contributed by atoms with Crippen molar-refractivity contribution in [2.45, 2.75) is 59.4 Å². The van der Waals surface area contributed by atoms with Crippen molar-refractivity contribution in [1.82, 2.24) is 4.98 Å². The summed E-state index contributed by atoms with van der Waals surface area (Å²) < 4.78 is 5.53. The zero-order chi connectivity index (χ0) is 15.5. The van der Waals surface area contributed by atoms with Crippen LogP contribution in [0.5, 0.6) is 5.75 Å². The van der Waals surface area contributed by atoms with E-state index >= 15 is 0 Å². The van der Waals surface area contributed by atoms with Crippen LogP contribution in [0.4, 0.5) is 0 Å². The second kappa shape index (κ2) is 6.78. The molecule has 21 heavy (non-hydrogen) atoms. The van der Waals surface area contributed by atoms with Gasteiger partial charge in [0.25, 0.3) is 0 Å². The van der Waals surface area contributed by atoms with Gasteiger partial charge in [0.15, 0.2) is 0 Å². The summed E-state index contributed by atoms with van der Waals surface area (Å²) >= 11 is 0. The molecule has 1 saturated carbocycles. The van der Waals surface area contributed by atoms with E-state index in [1.165, 1.54) is 25.7 Å². The highest BCUT2D eigenvalue weighted by Gasteiger charge is 2.32. The molecular formula is C18H30N2O. The lowest BCUT2D eigenvalue weighted by Gasteiger charge is -2.38. The highest BCUT2D eigenvalue weighted by molar-refractivity contribution is 5.26. The van der Waals surface area contributed by atoms with E-state index in [2.05, 4.69) is 31.8 Å². The summed E-state index contributed by atoms with van der Waals surface area (Å²) in [7, 11) is 0. The van der Waals surface area contributed by atoms with Crippen LogP contribution in [0.1, 0.15) is 65.0 Å². The first kappa shape index (κ1) is 16.3. The molecule has 0 aliphatic heterocycles. The maximum atomic E-state index is 6.49. The fraction of sp³-hybridized carbons (Fsp3) is 0.722. The second-order valence-corrected chi connectivity index (χ2v) is 7.39. The molecule has 0 amide bonds. The average molecular weight is 290 g/mol. The first-order valence-electron chi connectivity index (χ1n) is 8.25. The topological polar surface area (TPSA) is 48.1 Å². The number of hydrogen-bond acceptors (Lipinski definition) is 3. The molecule has 0 aromatic carbocycles. The predicted molar refractivity (Wildman–Crippen MR) is 87.2 cm³/mol. The minimum atomic E-state index is 0.0822. The van der Waals surface area contributed by atoms with Crippen molar-refractivity contribution in [1.29, 1.82) is 0 Å². The summed E-state index contributed by atoms with van der Waals surface area (Å²) in [5, 5.41) is 0. The molecular weight excluding hydrogens is 260 g/mol. The van der Waals surface area contributed by atoms with Crippen LogP contribution in [-0.2, 0) is 0 Å². The van der Waals surface area contributed by atoms with Crippen LogP contribution in [-0.4, -0.2) is 11.6 Å². The Morgan fingerprint density at radius 1 is 1.24 bits per heavy atom. The molecule has 1 aliphatic carbocycles. The van der Waals surface area contributed by atoms with Crippen LogP contribution in [0.2, 0.25) is 0 Å². The summed E-state index contributed by atoms with van der Waals surface area (Å²) in [5.41, 5.74) is 8.03. The molecule has 1 aromatic rings. The van der Waals surface area contributed by atoms with E-state index in [4.69, 9.17) is 10.5 Å². The van der Waals surface area contributed by atoms with Crippen molar-refractivity contribution in [3.8, 4) is 5.75 Å². The quantitative estimate of drug-likeness (QED) is 0.897. The number of nitrogens with zero attached hydrogens (tertiary/aromatic N) is 1. The minimum Gasteiger partial charge on any atom is -0.492 e. The van der Waals surface area contributed by atoms with Gasteiger partial charge < -0.3 is 10.5 Å². The molecule has 1 heterocycles. The molecule has 2 N–H and O–H groups in total. The summed E-state index contributed by atoms with van der Waals surface area (Å²) in [6.45, 7) is 9.71. The second-order valence-electron chi connectivity index (χ2n) is 7.39. The monoisotopic (exact) mass is 290 g/mol. The van der Waals surface area contributed by atoms with Gasteiger partial charge in [-0.3, -0.25) is 4.98 Å². The molecule has 0 saturated heterocycles. The van der Waals surface area contributed by atoms with Crippen molar-refractivity contribution in [2.75, 3.05) is 6.61 Å². The van der Waals surface area contributed by atoms with E-state index in [1.54, 1.807) is 6.20 Å². The minimum absolute atomic E-state index is 0.0822. The molecule has 1 aliphatic rings. The normalized spacial score (nSPS) is 24.6. The Morgan fingerprint density at radius 2 is 1.90 bits per heavy atom. The number of aromatic nitrogens is 1. The van der Waals surface area contributed by atoms with Gasteiger partial charge in [-0.25, -0.2) is 0 Å². The zero-order valence-electron chi connectivity index (χ0n) is 13.9. The van der Waals surface area contributed by atoms with E-state index in [9.17, 15) is 0 Å². The molecule has 0 spiro atoms. The van der Waals surface area contributed by atoms with Gasteiger partial charge >= 0.3 is 0 Å². The lowest BCUT2D eigenvalue weighted by molar-refractivity contribution is 0.139. The summed E-state index contributed by atoms with van der Waals surface area (Å²) in [4.78, 5) is 4.27. The highest BCUT2D eigenvalue weighted by atomic mass is 16.5. The smallest absolute Gasteiger partial charge is 0.137 e. The molecule has 1 fully saturated rings. The molecule has 1 atom stereocenters. The average Bonchev–Trinajstić information content (AvgIpc) is 2.46. The van der Waals surface area contributed by atoms with Crippen LogP contribution in [0.15, 0.2) is 18.5 Å². The summed E-state index contributed by atoms with van der Waals surface area (Å²) in [6, 6.07) is 2.13. The molecule has 1 unspecified atom stereocenters. The molecule has 2 rings (SSSR count). The molecule has 3 nitrogen and oxygen atoms in total. The maximum Gasteiger partial charge on any atom is 0.137 e. The van der Waals surface area contributed by atoms with Gasteiger partial charge in [0.1, 0.15) is 5.75 Å². The van der Waals surface area contributed by atoms with Gasteiger partial charge in [0.2, 0.25) is 0 Å². The lowest BCUT2D eigenvalue weighted by atomic mass is 9.68. The zero-order valence-corrected chi connectivity index (χ0v) is 13.9. The Morgan fingerprint density at radius 3 is 2.48 bits per heavy atom. The standard InChI is InChI=1S/C18H30N2O/c1-5-21-16-10-14(11-20-12-16)17(19)13-6-8-15(9-7-13)18(2,3)4/h10-13,15,17H,5-9,19H2,1-4H3. The van der Waals surface area contributed by atoms with Crippen molar-refractivity contribution >= 4 is 0 Å². The Labute approximate surface area is 129 Å². The van der Waals surface area contributed by atoms with Gasteiger partial charge in [-0.05, 0) is 61.5 Å². The van der Waals surface area contributed by atoms with Gasteiger partial charge in [0.05, 0.1) is 12.8 Å². The van der Waals surface area contributed by atoms with Crippen molar-refractivity contribution in [3.63, 3.8) is 0 Å². The number of hydrogen-bond donors (Lipinski definition) is 1. The molecule has 1 aromatic heterocycles. The van der Waals surface area contributed by atoms with E-state index in [1.807, 2.05) is 13.1 Å². The van der Waals surface area contributed by atoms with Gasteiger partial charge in [-0.2, -0.15) is 0 Å². The fourth-order valence-electron chi connectivity index (χ4n) is 3.48. The van der Waals surface area contributed by atoms with E-state index in [0.29, 0.717) is 17.9 Å².